The molecule has 2 amide bonds. The number of hydrogen-bond donors (Lipinski definition) is 2. The van der Waals surface area contributed by atoms with Gasteiger partial charge in [0.2, 0.25) is 5.76 Å². The van der Waals surface area contributed by atoms with Crippen LogP contribution in [0, 0.1) is 6.92 Å². The van der Waals surface area contributed by atoms with Crippen molar-refractivity contribution in [3.05, 3.63) is 47.6 Å². The Kier molecular flexibility index (Phi) is 3.33. The van der Waals surface area contributed by atoms with E-state index in [2.05, 4.69) is 21.0 Å². The first-order chi connectivity index (χ1) is 8.66. The lowest BCUT2D eigenvalue weighted by Gasteiger charge is -2.04. The van der Waals surface area contributed by atoms with Crippen LogP contribution in [0.4, 0.5) is 0 Å². The summed E-state index contributed by atoms with van der Waals surface area (Å²) in [5, 5.41) is 3.56. The van der Waals surface area contributed by atoms with Crippen molar-refractivity contribution < 1.29 is 14.1 Å². The van der Waals surface area contributed by atoms with E-state index in [0.717, 1.165) is 0 Å². The third-order valence-corrected chi connectivity index (χ3v) is 2.04. The molecule has 2 aromatic rings. The Bertz CT molecular complexity index is 565. The molecule has 2 rings (SSSR count). The molecule has 7 heteroatoms. The van der Waals surface area contributed by atoms with Gasteiger partial charge in [0.05, 0.1) is 5.69 Å². The Morgan fingerprint density at radius 2 is 2.00 bits per heavy atom. The average Bonchev–Trinajstić information content (AvgIpc) is 2.83. The van der Waals surface area contributed by atoms with Crippen LogP contribution in [0.25, 0.3) is 0 Å². The SMILES string of the molecule is Cc1cc(C(=O)NNC(=O)c2ccccn2)on1. The number of nitrogens with one attached hydrogen (secondary N) is 2. The number of hydrazine groups is 1. The molecule has 0 radical (unpaired) electrons. The highest BCUT2D eigenvalue weighted by Crippen LogP contribution is 2.00. The number of aryl methyl sites for hydroxylation is 1. The van der Waals surface area contributed by atoms with Crippen molar-refractivity contribution in [3.63, 3.8) is 0 Å². The molecule has 2 aromatic heterocycles. The third kappa shape index (κ3) is 2.70. The molecule has 0 aliphatic carbocycles. The second kappa shape index (κ2) is 5.09. The highest BCUT2D eigenvalue weighted by molar-refractivity contribution is 5.96. The van der Waals surface area contributed by atoms with E-state index in [0.29, 0.717) is 5.69 Å². The van der Waals surface area contributed by atoms with E-state index in [1.807, 2.05) is 0 Å². The summed E-state index contributed by atoms with van der Waals surface area (Å²) in [5.41, 5.74) is 5.20. The van der Waals surface area contributed by atoms with Gasteiger partial charge >= 0.3 is 5.91 Å². The maximum absolute atomic E-state index is 11.6. The Labute approximate surface area is 102 Å². The summed E-state index contributed by atoms with van der Waals surface area (Å²) < 4.78 is 4.74. The highest BCUT2D eigenvalue weighted by atomic mass is 16.5. The summed E-state index contributed by atoms with van der Waals surface area (Å²) >= 11 is 0. The molecule has 0 bridgehead atoms. The van der Waals surface area contributed by atoms with Gasteiger partial charge in [0.15, 0.2) is 0 Å². The Balaban J connectivity index is 1.92. The average molecular weight is 246 g/mol. The summed E-state index contributed by atoms with van der Waals surface area (Å²) in [6.45, 7) is 1.69. The lowest BCUT2D eigenvalue weighted by molar-refractivity contribution is 0.0823. The highest BCUT2D eigenvalue weighted by Gasteiger charge is 2.13. The van der Waals surface area contributed by atoms with Crippen LogP contribution in [0.15, 0.2) is 35.0 Å². The maximum Gasteiger partial charge on any atom is 0.308 e. The number of carbonyl (C=O) groups excluding carboxylic acids is 2. The molecular weight excluding hydrogens is 236 g/mol. The summed E-state index contributed by atoms with van der Waals surface area (Å²) in [6.07, 6.45) is 1.48. The van der Waals surface area contributed by atoms with Gasteiger partial charge in [-0.25, -0.2) is 0 Å². The normalized spacial score (nSPS) is 9.83. The molecule has 0 saturated carbocycles. The molecule has 0 spiro atoms. The zero-order valence-corrected chi connectivity index (χ0v) is 9.51. The summed E-state index contributed by atoms with van der Waals surface area (Å²) in [6, 6.07) is 6.35. The van der Waals surface area contributed by atoms with Gasteiger partial charge in [0.1, 0.15) is 5.69 Å². The zero-order valence-electron chi connectivity index (χ0n) is 9.51. The zero-order chi connectivity index (χ0) is 13.0. The van der Waals surface area contributed by atoms with E-state index in [1.54, 1.807) is 19.1 Å². The van der Waals surface area contributed by atoms with E-state index < -0.39 is 11.8 Å². The predicted octanol–water partition coefficient (Wildman–Crippen LogP) is 0.453. The summed E-state index contributed by atoms with van der Waals surface area (Å²) in [5.74, 6) is -1.08. The molecular formula is C11H10N4O3. The Hall–Kier alpha value is -2.70. The van der Waals surface area contributed by atoms with Crippen LogP contribution < -0.4 is 10.9 Å². The van der Waals surface area contributed by atoms with Crippen molar-refractivity contribution in [2.45, 2.75) is 6.92 Å². The van der Waals surface area contributed by atoms with Crippen LogP contribution in [0.2, 0.25) is 0 Å². The van der Waals surface area contributed by atoms with Gasteiger partial charge in [0, 0.05) is 12.3 Å². The van der Waals surface area contributed by atoms with Crippen molar-refractivity contribution in [1.29, 1.82) is 0 Å². The molecule has 2 heterocycles. The Morgan fingerprint density at radius 1 is 1.22 bits per heavy atom. The van der Waals surface area contributed by atoms with Gasteiger partial charge in [-0.1, -0.05) is 11.2 Å². The minimum absolute atomic E-state index is 0.0221. The lowest BCUT2D eigenvalue weighted by atomic mass is 10.3. The van der Waals surface area contributed by atoms with E-state index >= 15 is 0 Å². The van der Waals surface area contributed by atoms with Crippen molar-refractivity contribution >= 4 is 11.8 Å². The second-order valence-electron chi connectivity index (χ2n) is 3.46. The molecule has 18 heavy (non-hydrogen) atoms. The maximum atomic E-state index is 11.6. The van der Waals surface area contributed by atoms with Gasteiger partial charge < -0.3 is 4.52 Å². The molecule has 0 aromatic carbocycles. The molecule has 0 unspecified atom stereocenters. The van der Waals surface area contributed by atoms with E-state index in [1.165, 1.54) is 18.3 Å². The fraction of sp³-hybridized carbons (Fsp3) is 0.0909. The number of nitrogens with zero attached hydrogens (tertiary/aromatic N) is 2. The molecule has 0 aliphatic rings. The van der Waals surface area contributed by atoms with Crippen LogP contribution >= 0.6 is 0 Å². The Morgan fingerprint density at radius 3 is 2.61 bits per heavy atom. The van der Waals surface area contributed by atoms with Crippen molar-refractivity contribution in [1.82, 2.24) is 21.0 Å². The van der Waals surface area contributed by atoms with E-state index in [4.69, 9.17) is 4.52 Å². The first kappa shape index (κ1) is 11.8. The van der Waals surface area contributed by atoms with Crippen molar-refractivity contribution in [2.24, 2.45) is 0 Å². The van der Waals surface area contributed by atoms with Crippen LogP contribution in [-0.4, -0.2) is 22.0 Å². The molecule has 0 saturated heterocycles. The van der Waals surface area contributed by atoms with Gasteiger partial charge in [-0.05, 0) is 19.1 Å². The second-order valence-corrected chi connectivity index (χ2v) is 3.46. The van der Waals surface area contributed by atoms with E-state index in [-0.39, 0.29) is 11.5 Å². The quantitative estimate of drug-likeness (QED) is 0.750. The first-order valence-corrected chi connectivity index (χ1v) is 5.12. The number of amides is 2. The number of rotatable bonds is 2. The first-order valence-electron chi connectivity index (χ1n) is 5.12. The van der Waals surface area contributed by atoms with Crippen LogP contribution in [0.3, 0.4) is 0 Å². The van der Waals surface area contributed by atoms with Gasteiger partial charge in [-0.2, -0.15) is 0 Å². The molecule has 0 aliphatic heterocycles. The molecule has 0 atom stereocenters. The molecule has 7 nitrogen and oxygen atoms in total. The van der Waals surface area contributed by atoms with Gasteiger partial charge in [-0.15, -0.1) is 0 Å². The predicted molar refractivity (Wildman–Crippen MR) is 60.4 cm³/mol. The minimum Gasteiger partial charge on any atom is -0.351 e. The summed E-state index contributed by atoms with van der Waals surface area (Å²) in [4.78, 5) is 26.9. The summed E-state index contributed by atoms with van der Waals surface area (Å²) in [7, 11) is 0. The number of aromatic nitrogens is 2. The number of pyridine rings is 1. The standard InChI is InChI=1S/C11H10N4O3/c1-7-6-9(18-15-7)11(17)14-13-10(16)8-4-2-3-5-12-8/h2-6H,1H3,(H,13,16)(H,14,17). The monoisotopic (exact) mass is 246 g/mol. The van der Waals surface area contributed by atoms with Crippen LogP contribution in [-0.2, 0) is 0 Å². The largest absolute Gasteiger partial charge is 0.351 e. The lowest BCUT2D eigenvalue weighted by Crippen LogP contribution is -2.41. The fourth-order valence-electron chi connectivity index (χ4n) is 1.21. The molecule has 0 fully saturated rings. The van der Waals surface area contributed by atoms with Gasteiger partial charge in [-0.3, -0.25) is 25.4 Å². The number of carbonyl (C=O) groups is 2. The topological polar surface area (TPSA) is 97.1 Å². The third-order valence-electron chi connectivity index (χ3n) is 2.04. The van der Waals surface area contributed by atoms with Crippen LogP contribution in [0.5, 0.6) is 0 Å². The van der Waals surface area contributed by atoms with E-state index in [9.17, 15) is 9.59 Å². The van der Waals surface area contributed by atoms with Crippen molar-refractivity contribution in [3.8, 4) is 0 Å². The minimum atomic E-state index is -0.583. The van der Waals surface area contributed by atoms with Gasteiger partial charge in [0.25, 0.3) is 5.91 Å². The fourth-order valence-corrected chi connectivity index (χ4v) is 1.21. The number of hydrogen-bond acceptors (Lipinski definition) is 5. The molecule has 92 valence electrons. The van der Waals surface area contributed by atoms with Crippen LogP contribution in [0.1, 0.15) is 26.7 Å². The smallest absolute Gasteiger partial charge is 0.308 e. The molecule has 2 N–H and O–H groups in total. The van der Waals surface area contributed by atoms with Crippen molar-refractivity contribution in [2.75, 3.05) is 0 Å².